The number of fused-ring (bicyclic) bond motifs is 9. The molecule has 12 rings (SSSR count). The molecule has 4 aromatic heterocycles. The van der Waals surface area contributed by atoms with Gasteiger partial charge in [-0.3, -0.25) is 4.57 Å². The Bertz CT molecular complexity index is 3510. The highest BCUT2D eigenvalue weighted by Gasteiger charge is 2.22. The van der Waals surface area contributed by atoms with E-state index < -0.39 is 0 Å². The summed E-state index contributed by atoms with van der Waals surface area (Å²) in [6.45, 7) is 0. The van der Waals surface area contributed by atoms with E-state index in [1.165, 1.54) is 0 Å². The Morgan fingerprint density at radius 1 is 0.333 bits per heavy atom. The predicted molar refractivity (Wildman–Crippen MR) is 232 cm³/mol. The van der Waals surface area contributed by atoms with Crippen molar-refractivity contribution in [3.05, 3.63) is 188 Å². The van der Waals surface area contributed by atoms with Gasteiger partial charge in [-0.25, -0.2) is 4.98 Å². The Labute approximate surface area is 326 Å². The van der Waals surface area contributed by atoms with Gasteiger partial charge in [-0.2, -0.15) is 9.97 Å². The molecule has 0 fully saturated rings. The van der Waals surface area contributed by atoms with Crippen LogP contribution in [0.1, 0.15) is 0 Å². The number of nitrogens with zero attached hydrogens (tertiary/aromatic N) is 5. The van der Waals surface area contributed by atoms with Crippen LogP contribution in [0.15, 0.2) is 192 Å². The summed E-state index contributed by atoms with van der Waals surface area (Å²) in [6.07, 6.45) is 0. The molecule has 57 heavy (non-hydrogen) atoms. The first kappa shape index (κ1) is 31.5. The zero-order chi connectivity index (χ0) is 37.5. The zero-order valence-electron chi connectivity index (χ0n) is 30.5. The van der Waals surface area contributed by atoms with Crippen LogP contribution in [0.2, 0.25) is 0 Å². The lowest BCUT2D eigenvalue weighted by Gasteiger charge is -2.11. The number of furan rings is 1. The third-order valence-electron chi connectivity index (χ3n) is 11.2. The smallest absolute Gasteiger partial charge is 0.238 e. The van der Waals surface area contributed by atoms with Gasteiger partial charge in [-0.05, 0) is 47.5 Å². The Balaban J connectivity index is 1.12. The van der Waals surface area contributed by atoms with Crippen LogP contribution < -0.4 is 0 Å². The summed E-state index contributed by atoms with van der Waals surface area (Å²) in [7, 11) is 0. The monoisotopic (exact) mass is 729 g/mol. The molecule has 0 bridgehead atoms. The first-order valence-corrected chi connectivity index (χ1v) is 19.1. The summed E-state index contributed by atoms with van der Waals surface area (Å²) in [6, 6.07) is 65.5. The van der Waals surface area contributed by atoms with Crippen molar-refractivity contribution in [2.45, 2.75) is 0 Å². The largest absolute Gasteiger partial charge is 0.454 e. The number of hydrogen-bond donors (Lipinski definition) is 0. The number of aromatic nitrogens is 5. The summed E-state index contributed by atoms with van der Waals surface area (Å²) in [5.41, 5.74) is 11.1. The fourth-order valence-corrected chi connectivity index (χ4v) is 8.57. The van der Waals surface area contributed by atoms with Gasteiger partial charge < -0.3 is 8.98 Å². The molecule has 0 aliphatic heterocycles. The molecular weight excluding hydrogens is 699 g/mol. The van der Waals surface area contributed by atoms with E-state index >= 15 is 0 Å². The van der Waals surface area contributed by atoms with Crippen molar-refractivity contribution >= 4 is 65.6 Å². The maximum atomic E-state index is 6.60. The minimum absolute atomic E-state index is 0.562. The minimum atomic E-state index is 0.562. The topological polar surface area (TPSA) is 61.7 Å². The third-order valence-corrected chi connectivity index (χ3v) is 11.2. The van der Waals surface area contributed by atoms with Gasteiger partial charge in [0.1, 0.15) is 5.58 Å². The molecule has 0 aliphatic carbocycles. The van der Waals surface area contributed by atoms with Crippen LogP contribution in [0.5, 0.6) is 0 Å². The average Bonchev–Trinajstić information content (AvgIpc) is 3.94. The highest BCUT2D eigenvalue weighted by molar-refractivity contribution is 6.19. The number of rotatable bonds is 5. The Kier molecular flexibility index (Phi) is 6.83. The van der Waals surface area contributed by atoms with Gasteiger partial charge in [-0.1, -0.05) is 152 Å². The molecule has 0 N–H and O–H groups in total. The second kappa shape index (κ2) is 12.3. The number of hydrogen-bond acceptors (Lipinski definition) is 4. The average molecular weight is 730 g/mol. The van der Waals surface area contributed by atoms with Crippen molar-refractivity contribution in [1.29, 1.82) is 0 Å². The number of para-hydroxylation sites is 4. The van der Waals surface area contributed by atoms with Crippen LogP contribution in [-0.4, -0.2) is 24.1 Å². The first-order chi connectivity index (χ1) is 28.3. The summed E-state index contributed by atoms with van der Waals surface area (Å²) >= 11 is 0. The van der Waals surface area contributed by atoms with Gasteiger partial charge in [0, 0.05) is 43.4 Å². The SMILES string of the molecule is c1ccc(-c2ccc(-c3nc(-c4ccccc4)nc(-n4c5ccccc5c5cc6c(cc54)c4ccccc4n6-c4cccc5c4oc4ccccc45)n3)cc2)cc1. The van der Waals surface area contributed by atoms with Crippen LogP contribution in [0.25, 0.3) is 111 Å². The molecule has 0 spiro atoms. The normalized spacial score (nSPS) is 11.9. The van der Waals surface area contributed by atoms with Crippen molar-refractivity contribution < 1.29 is 4.42 Å². The third kappa shape index (κ3) is 4.87. The van der Waals surface area contributed by atoms with Crippen LogP contribution in [0.4, 0.5) is 0 Å². The highest BCUT2D eigenvalue weighted by atomic mass is 16.3. The molecule has 0 radical (unpaired) electrons. The Morgan fingerprint density at radius 3 is 1.51 bits per heavy atom. The molecule has 0 aliphatic rings. The molecule has 0 atom stereocenters. The van der Waals surface area contributed by atoms with Crippen LogP contribution in [0, 0.1) is 0 Å². The molecule has 266 valence electrons. The molecule has 6 nitrogen and oxygen atoms in total. The van der Waals surface area contributed by atoms with Crippen LogP contribution in [-0.2, 0) is 0 Å². The van der Waals surface area contributed by atoms with E-state index in [1.54, 1.807) is 0 Å². The van der Waals surface area contributed by atoms with Crippen molar-refractivity contribution in [3.8, 4) is 45.5 Å². The van der Waals surface area contributed by atoms with E-state index in [4.69, 9.17) is 19.4 Å². The van der Waals surface area contributed by atoms with Crippen molar-refractivity contribution in [2.75, 3.05) is 0 Å². The molecule has 0 saturated heterocycles. The molecule has 6 heteroatoms. The predicted octanol–water partition coefficient (Wildman–Crippen LogP) is 13.0. The summed E-state index contributed by atoms with van der Waals surface area (Å²) < 4.78 is 11.2. The van der Waals surface area contributed by atoms with Gasteiger partial charge in [0.15, 0.2) is 17.2 Å². The van der Waals surface area contributed by atoms with E-state index in [9.17, 15) is 0 Å². The maximum absolute atomic E-state index is 6.60. The zero-order valence-corrected chi connectivity index (χ0v) is 30.5. The van der Waals surface area contributed by atoms with Gasteiger partial charge in [0.05, 0.1) is 27.8 Å². The lowest BCUT2D eigenvalue weighted by molar-refractivity contribution is 0.666. The van der Waals surface area contributed by atoms with Gasteiger partial charge in [0.2, 0.25) is 5.95 Å². The van der Waals surface area contributed by atoms with Gasteiger partial charge in [0.25, 0.3) is 0 Å². The van der Waals surface area contributed by atoms with Gasteiger partial charge >= 0.3 is 0 Å². The fourth-order valence-electron chi connectivity index (χ4n) is 8.57. The van der Waals surface area contributed by atoms with Crippen molar-refractivity contribution in [1.82, 2.24) is 24.1 Å². The number of benzene rings is 8. The molecule has 0 unspecified atom stereocenters. The summed E-state index contributed by atoms with van der Waals surface area (Å²) in [5, 5.41) is 6.71. The second-order valence-electron chi connectivity index (χ2n) is 14.4. The lowest BCUT2D eigenvalue weighted by atomic mass is 10.0. The molecule has 0 amide bonds. The molecular formula is C51H31N5O. The first-order valence-electron chi connectivity index (χ1n) is 19.1. The van der Waals surface area contributed by atoms with E-state index in [0.29, 0.717) is 17.6 Å². The highest BCUT2D eigenvalue weighted by Crippen LogP contribution is 2.42. The van der Waals surface area contributed by atoms with Crippen molar-refractivity contribution in [3.63, 3.8) is 0 Å². The van der Waals surface area contributed by atoms with E-state index in [1.807, 2.05) is 48.5 Å². The van der Waals surface area contributed by atoms with Gasteiger partial charge in [-0.15, -0.1) is 0 Å². The van der Waals surface area contributed by atoms with E-state index in [0.717, 1.165) is 93.5 Å². The summed E-state index contributed by atoms with van der Waals surface area (Å²) in [4.78, 5) is 15.5. The fraction of sp³-hybridized carbons (Fsp3) is 0. The molecule has 8 aromatic carbocycles. The Hall–Kier alpha value is -7.83. The minimum Gasteiger partial charge on any atom is -0.454 e. The quantitative estimate of drug-likeness (QED) is 0.177. The van der Waals surface area contributed by atoms with Crippen LogP contribution >= 0.6 is 0 Å². The van der Waals surface area contributed by atoms with E-state index in [2.05, 4.69) is 149 Å². The summed E-state index contributed by atoms with van der Waals surface area (Å²) in [5.74, 6) is 1.79. The molecule has 12 aromatic rings. The molecule has 0 saturated carbocycles. The van der Waals surface area contributed by atoms with Crippen molar-refractivity contribution in [2.24, 2.45) is 0 Å². The second-order valence-corrected chi connectivity index (χ2v) is 14.4. The van der Waals surface area contributed by atoms with Crippen LogP contribution in [0.3, 0.4) is 0 Å². The Morgan fingerprint density at radius 2 is 0.825 bits per heavy atom. The molecule has 4 heterocycles. The standard InChI is InChI=1S/C51H31N5O/c1-3-14-32(15-4-1)33-26-28-35(29-27-33)50-52-49(34-16-5-2-6-17-34)53-51(54-50)56-43-23-11-8-19-37(43)41-30-45-40(31-46(41)56)36-18-7-10-22-42(36)55(45)44-24-13-21-39-38-20-9-12-25-47(38)57-48(39)44/h1-31H. The maximum Gasteiger partial charge on any atom is 0.238 e. The lowest BCUT2D eigenvalue weighted by Crippen LogP contribution is -2.06. The van der Waals surface area contributed by atoms with E-state index in [-0.39, 0.29) is 0 Å².